The maximum atomic E-state index is 4.55. The van der Waals surface area contributed by atoms with Crippen LogP contribution in [0.5, 0.6) is 0 Å². The summed E-state index contributed by atoms with van der Waals surface area (Å²) in [6.07, 6.45) is 6.85. The monoisotopic (exact) mass is 262 g/mol. The summed E-state index contributed by atoms with van der Waals surface area (Å²) in [5.41, 5.74) is 1.98. The zero-order chi connectivity index (χ0) is 13.7. The topological polar surface area (TPSA) is 41.0 Å². The van der Waals surface area contributed by atoms with E-state index in [0.717, 1.165) is 17.2 Å². The van der Waals surface area contributed by atoms with Gasteiger partial charge in [-0.2, -0.15) is 0 Å². The summed E-state index contributed by atoms with van der Waals surface area (Å²) >= 11 is 0. The highest BCUT2D eigenvalue weighted by molar-refractivity contribution is 5.40. The first-order valence-corrected chi connectivity index (χ1v) is 7.48. The molecule has 0 aliphatic carbocycles. The van der Waals surface area contributed by atoms with Crippen LogP contribution in [0.2, 0.25) is 0 Å². The Bertz CT molecular complexity index is 397. The van der Waals surface area contributed by atoms with Gasteiger partial charge in [-0.1, -0.05) is 13.3 Å². The fourth-order valence-electron chi connectivity index (χ4n) is 2.55. The van der Waals surface area contributed by atoms with Gasteiger partial charge in [0.2, 0.25) is 0 Å². The molecule has 1 fully saturated rings. The van der Waals surface area contributed by atoms with Crippen LogP contribution in [0, 0.1) is 13.8 Å². The molecule has 1 aromatic rings. The Kier molecular flexibility index (Phi) is 5.14. The van der Waals surface area contributed by atoms with E-state index in [1.54, 1.807) is 0 Å². The van der Waals surface area contributed by atoms with E-state index in [1.807, 2.05) is 20.0 Å². The van der Waals surface area contributed by atoms with Crippen LogP contribution in [0.25, 0.3) is 0 Å². The van der Waals surface area contributed by atoms with Gasteiger partial charge in [0.15, 0.2) is 0 Å². The van der Waals surface area contributed by atoms with E-state index in [1.165, 1.54) is 45.3 Å². The fourth-order valence-corrected chi connectivity index (χ4v) is 2.55. The summed E-state index contributed by atoms with van der Waals surface area (Å²) in [6, 6.07) is 0.549. The van der Waals surface area contributed by atoms with E-state index < -0.39 is 0 Å². The molecule has 0 radical (unpaired) electrons. The van der Waals surface area contributed by atoms with Gasteiger partial charge in [-0.15, -0.1) is 0 Å². The van der Waals surface area contributed by atoms with Crippen LogP contribution in [-0.2, 0) is 0 Å². The third kappa shape index (κ3) is 4.16. The van der Waals surface area contributed by atoms with Crippen molar-refractivity contribution in [2.75, 3.05) is 25.0 Å². The van der Waals surface area contributed by atoms with Crippen LogP contribution >= 0.6 is 0 Å². The van der Waals surface area contributed by atoms with Crippen molar-refractivity contribution in [3.05, 3.63) is 17.6 Å². The molecule has 1 saturated heterocycles. The fraction of sp³-hybridized carbons (Fsp3) is 0.733. The number of aryl methyl sites for hydroxylation is 2. The molecule has 0 amide bonds. The van der Waals surface area contributed by atoms with Gasteiger partial charge >= 0.3 is 0 Å². The Morgan fingerprint density at radius 3 is 2.74 bits per heavy atom. The quantitative estimate of drug-likeness (QED) is 0.886. The summed E-state index contributed by atoms with van der Waals surface area (Å²) in [5, 5.41) is 3.57. The van der Waals surface area contributed by atoms with Crippen molar-refractivity contribution in [3.63, 3.8) is 0 Å². The van der Waals surface area contributed by atoms with Crippen molar-refractivity contribution < 1.29 is 0 Å². The lowest BCUT2D eigenvalue weighted by atomic mass is 10.0. The summed E-state index contributed by atoms with van der Waals surface area (Å²) in [6.45, 7) is 9.93. The van der Waals surface area contributed by atoms with Gasteiger partial charge in [0.05, 0.1) is 11.4 Å². The molecule has 2 heterocycles. The standard InChI is InChI=1S/C15H26N4/c1-4-5-8-19-9-6-14(7-10-19)18-15-13(3)16-11-12(2)17-15/h11,14H,4-10H2,1-3H3,(H,17,18). The lowest BCUT2D eigenvalue weighted by Crippen LogP contribution is -2.39. The lowest BCUT2D eigenvalue weighted by Gasteiger charge is -2.32. The van der Waals surface area contributed by atoms with E-state index in [9.17, 15) is 0 Å². The van der Waals surface area contributed by atoms with Crippen LogP contribution in [0.4, 0.5) is 5.82 Å². The third-order valence-electron chi connectivity index (χ3n) is 3.83. The smallest absolute Gasteiger partial charge is 0.147 e. The molecule has 1 aliphatic heterocycles. The molecule has 1 N–H and O–H groups in total. The second-order valence-electron chi connectivity index (χ2n) is 5.56. The molecule has 0 spiro atoms. The molecular formula is C15H26N4. The Hall–Kier alpha value is -1.16. The Balaban J connectivity index is 1.83. The first-order chi connectivity index (χ1) is 9.19. The largest absolute Gasteiger partial charge is 0.366 e. The molecule has 0 aromatic carbocycles. The highest BCUT2D eigenvalue weighted by atomic mass is 15.1. The van der Waals surface area contributed by atoms with Crippen molar-refractivity contribution in [2.45, 2.75) is 52.5 Å². The van der Waals surface area contributed by atoms with E-state index in [4.69, 9.17) is 0 Å². The van der Waals surface area contributed by atoms with E-state index in [0.29, 0.717) is 6.04 Å². The van der Waals surface area contributed by atoms with E-state index in [2.05, 4.69) is 27.1 Å². The predicted molar refractivity (Wildman–Crippen MR) is 79.5 cm³/mol. The number of nitrogens with zero attached hydrogens (tertiary/aromatic N) is 3. The lowest BCUT2D eigenvalue weighted by molar-refractivity contribution is 0.216. The molecule has 0 bridgehead atoms. The average molecular weight is 262 g/mol. The number of anilines is 1. The zero-order valence-electron chi connectivity index (χ0n) is 12.4. The number of hydrogen-bond acceptors (Lipinski definition) is 4. The zero-order valence-corrected chi connectivity index (χ0v) is 12.4. The van der Waals surface area contributed by atoms with Gasteiger partial charge in [-0.25, -0.2) is 4.98 Å². The predicted octanol–water partition coefficient (Wildman–Crippen LogP) is 2.77. The minimum absolute atomic E-state index is 0.549. The normalized spacial score (nSPS) is 17.6. The maximum absolute atomic E-state index is 4.55. The van der Waals surface area contributed by atoms with Crippen LogP contribution in [-0.4, -0.2) is 40.5 Å². The maximum Gasteiger partial charge on any atom is 0.147 e. The number of piperidine rings is 1. The Labute approximate surface area is 116 Å². The average Bonchev–Trinajstić information content (AvgIpc) is 2.42. The number of unbranched alkanes of at least 4 members (excludes halogenated alkanes) is 1. The van der Waals surface area contributed by atoms with Gasteiger partial charge in [0, 0.05) is 25.3 Å². The molecule has 1 aromatic heterocycles. The van der Waals surface area contributed by atoms with Gasteiger partial charge < -0.3 is 10.2 Å². The highest BCUT2D eigenvalue weighted by Gasteiger charge is 2.19. The number of aromatic nitrogens is 2. The van der Waals surface area contributed by atoms with Crippen molar-refractivity contribution in [1.82, 2.24) is 14.9 Å². The second-order valence-corrected chi connectivity index (χ2v) is 5.56. The molecule has 0 saturated carbocycles. The summed E-state index contributed by atoms with van der Waals surface area (Å²) in [5.74, 6) is 0.965. The number of hydrogen-bond donors (Lipinski definition) is 1. The molecule has 106 valence electrons. The minimum Gasteiger partial charge on any atom is -0.366 e. The Morgan fingerprint density at radius 2 is 2.05 bits per heavy atom. The minimum atomic E-state index is 0.549. The summed E-state index contributed by atoms with van der Waals surface area (Å²) < 4.78 is 0. The first kappa shape index (κ1) is 14.3. The van der Waals surface area contributed by atoms with Crippen LogP contribution in [0.1, 0.15) is 44.0 Å². The summed E-state index contributed by atoms with van der Waals surface area (Å²) in [4.78, 5) is 11.5. The van der Waals surface area contributed by atoms with Gasteiger partial charge in [0.25, 0.3) is 0 Å². The molecule has 0 atom stereocenters. The molecule has 4 heteroatoms. The second kappa shape index (κ2) is 6.85. The van der Waals surface area contributed by atoms with Crippen molar-refractivity contribution in [3.8, 4) is 0 Å². The first-order valence-electron chi connectivity index (χ1n) is 7.48. The van der Waals surface area contributed by atoms with Gasteiger partial charge in [0.1, 0.15) is 5.82 Å². The van der Waals surface area contributed by atoms with Crippen LogP contribution < -0.4 is 5.32 Å². The number of rotatable bonds is 5. The molecule has 1 aliphatic rings. The van der Waals surface area contributed by atoms with Crippen molar-refractivity contribution in [1.29, 1.82) is 0 Å². The van der Waals surface area contributed by atoms with Gasteiger partial charge in [-0.05, 0) is 39.7 Å². The molecule has 0 unspecified atom stereocenters. The number of nitrogens with one attached hydrogen (secondary N) is 1. The molecule has 2 rings (SSSR count). The van der Waals surface area contributed by atoms with Crippen molar-refractivity contribution in [2.24, 2.45) is 0 Å². The molecule has 4 nitrogen and oxygen atoms in total. The van der Waals surface area contributed by atoms with Crippen molar-refractivity contribution >= 4 is 5.82 Å². The summed E-state index contributed by atoms with van der Waals surface area (Å²) in [7, 11) is 0. The number of likely N-dealkylation sites (tertiary alicyclic amines) is 1. The highest BCUT2D eigenvalue weighted by Crippen LogP contribution is 2.17. The molecule has 19 heavy (non-hydrogen) atoms. The van der Waals surface area contributed by atoms with E-state index >= 15 is 0 Å². The Morgan fingerprint density at radius 1 is 1.32 bits per heavy atom. The van der Waals surface area contributed by atoms with Crippen LogP contribution in [0.3, 0.4) is 0 Å². The third-order valence-corrected chi connectivity index (χ3v) is 3.83. The molecular weight excluding hydrogens is 236 g/mol. The van der Waals surface area contributed by atoms with Gasteiger partial charge in [-0.3, -0.25) is 4.98 Å². The SMILES string of the molecule is CCCCN1CCC(Nc2nc(C)cnc2C)CC1. The van der Waals surface area contributed by atoms with Crippen LogP contribution in [0.15, 0.2) is 6.20 Å². The van der Waals surface area contributed by atoms with E-state index in [-0.39, 0.29) is 0 Å².